The van der Waals surface area contributed by atoms with Crippen molar-refractivity contribution in [3.63, 3.8) is 0 Å². The van der Waals surface area contributed by atoms with Crippen LogP contribution in [0.2, 0.25) is 0 Å². The van der Waals surface area contributed by atoms with Crippen LogP contribution in [0.1, 0.15) is 10.4 Å². The van der Waals surface area contributed by atoms with Gasteiger partial charge in [-0.1, -0.05) is 18.2 Å². The monoisotopic (exact) mass is 421 g/mol. The fourth-order valence-corrected chi connectivity index (χ4v) is 2.92. The van der Waals surface area contributed by atoms with Crippen LogP contribution in [0, 0.1) is 0 Å². The Hall–Kier alpha value is -3.73. The van der Waals surface area contributed by atoms with Gasteiger partial charge in [-0.05, 0) is 35.4 Å². The quantitative estimate of drug-likeness (QED) is 0.381. The van der Waals surface area contributed by atoms with Gasteiger partial charge in [0, 0.05) is 19.7 Å². The Morgan fingerprint density at radius 3 is 2.20 bits per heavy atom. The van der Waals surface area contributed by atoms with E-state index in [1.165, 1.54) is 43.8 Å². The number of rotatable bonds is 5. The van der Waals surface area contributed by atoms with Gasteiger partial charge in [0.2, 0.25) is 0 Å². The van der Waals surface area contributed by atoms with Crippen molar-refractivity contribution in [2.75, 3.05) is 14.1 Å². The number of hydroxylamine groups is 1. The molecule has 2 aromatic carbocycles. The van der Waals surface area contributed by atoms with Gasteiger partial charge in [0.05, 0.1) is 0 Å². The third-order valence-electron chi connectivity index (χ3n) is 4.43. The topological polar surface area (TPSA) is 117 Å². The van der Waals surface area contributed by atoms with E-state index in [0.717, 1.165) is 4.90 Å². The lowest BCUT2D eigenvalue weighted by Crippen LogP contribution is -2.54. The van der Waals surface area contributed by atoms with Gasteiger partial charge >= 0.3 is 6.29 Å². The number of hydrogen-bond acceptors (Lipinski definition) is 6. The number of nitrogens with zero attached hydrogens (tertiary/aromatic N) is 1. The van der Waals surface area contributed by atoms with Crippen LogP contribution in [0.5, 0.6) is 11.5 Å². The second-order valence-electron chi connectivity index (χ2n) is 6.32. The standard InChI is InChI=1S/C19H17F2N3O6/c1-22-16(25)15(17(26)23-28)24(2)18(27)11-5-3-10(4-6-11)12-7-8-13-14(9-12)30-19(20,21)29-13/h3-9,15,28H,1-2H3,(H,22,25)(H,23,26). The van der Waals surface area contributed by atoms with Crippen molar-refractivity contribution in [2.45, 2.75) is 12.3 Å². The molecule has 3 rings (SSSR count). The number of alkyl halides is 2. The van der Waals surface area contributed by atoms with Gasteiger partial charge in [-0.3, -0.25) is 19.6 Å². The minimum absolute atomic E-state index is 0.0837. The molecule has 9 nitrogen and oxygen atoms in total. The summed E-state index contributed by atoms with van der Waals surface area (Å²) in [5, 5.41) is 11.1. The summed E-state index contributed by atoms with van der Waals surface area (Å²) in [5.41, 5.74) is 2.67. The SMILES string of the molecule is CNC(=O)C(C(=O)NO)N(C)C(=O)c1ccc(-c2ccc3c(c2)OC(F)(F)O3)cc1. The first-order chi connectivity index (χ1) is 14.2. The summed E-state index contributed by atoms with van der Waals surface area (Å²) in [7, 11) is 2.53. The smallest absolute Gasteiger partial charge is 0.395 e. The van der Waals surface area contributed by atoms with E-state index in [-0.39, 0.29) is 17.1 Å². The normalized spacial score (nSPS) is 14.6. The molecule has 11 heteroatoms. The summed E-state index contributed by atoms with van der Waals surface area (Å²) in [6.45, 7) is 0. The highest BCUT2D eigenvalue weighted by Crippen LogP contribution is 2.42. The van der Waals surface area contributed by atoms with Crippen molar-refractivity contribution in [2.24, 2.45) is 0 Å². The maximum absolute atomic E-state index is 13.2. The van der Waals surface area contributed by atoms with Crippen LogP contribution >= 0.6 is 0 Å². The summed E-state index contributed by atoms with van der Waals surface area (Å²) in [5.74, 6) is -2.70. The molecular weight excluding hydrogens is 404 g/mol. The zero-order valence-electron chi connectivity index (χ0n) is 15.8. The van der Waals surface area contributed by atoms with E-state index in [4.69, 9.17) is 5.21 Å². The number of benzene rings is 2. The highest BCUT2D eigenvalue weighted by Gasteiger charge is 2.43. The van der Waals surface area contributed by atoms with E-state index < -0.39 is 30.1 Å². The Balaban J connectivity index is 1.81. The third-order valence-corrected chi connectivity index (χ3v) is 4.43. The van der Waals surface area contributed by atoms with Gasteiger partial charge in [0.15, 0.2) is 17.5 Å². The fourth-order valence-electron chi connectivity index (χ4n) is 2.92. The van der Waals surface area contributed by atoms with E-state index in [2.05, 4.69) is 14.8 Å². The molecule has 3 N–H and O–H groups in total. The van der Waals surface area contributed by atoms with E-state index >= 15 is 0 Å². The highest BCUT2D eigenvalue weighted by atomic mass is 19.3. The van der Waals surface area contributed by atoms with E-state index in [9.17, 15) is 23.2 Å². The molecule has 0 bridgehead atoms. The summed E-state index contributed by atoms with van der Waals surface area (Å²) >= 11 is 0. The van der Waals surface area contributed by atoms with Crippen molar-refractivity contribution >= 4 is 17.7 Å². The Labute approximate surface area is 169 Å². The molecular formula is C19H17F2N3O6. The van der Waals surface area contributed by atoms with Crippen molar-refractivity contribution in [3.8, 4) is 22.6 Å². The van der Waals surface area contributed by atoms with Gasteiger partial charge < -0.3 is 19.7 Å². The zero-order valence-corrected chi connectivity index (χ0v) is 15.8. The molecule has 0 spiro atoms. The Bertz CT molecular complexity index is 980. The molecule has 3 amide bonds. The van der Waals surface area contributed by atoms with Gasteiger partial charge in [-0.2, -0.15) is 0 Å². The molecule has 0 saturated carbocycles. The minimum atomic E-state index is -3.72. The van der Waals surface area contributed by atoms with Crippen LogP contribution in [0.3, 0.4) is 0 Å². The second-order valence-corrected chi connectivity index (χ2v) is 6.32. The summed E-state index contributed by atoms with van der Waals surface area (Å²) in [6.07, 6.45) is -3.72. The number of amides is 3. The molecule has 1 aliphatic rings. The predicted octanol–water partition coefficient (Wildman–Crippen LogP) is 1.37. The van der Waals surface area contributed by atoms with E-state index in [1.807, 2.05) is 0 Å². The largest absolute Gasteiger partial charge is 0.586 e. The lowest BCUT2D eigenvalue weighted by molar-refractivity contribution is -0.286. The van der Waals surface area contributed by atoms with Crippen LogP contribution in [-0.4, -0.2) is 54.3 Å². The molecule has 1 atom stereocenters. The minimum Gasteiger partial charge on any atom is -0.395 e. The maximum atomic E-state index is 13.2. The number of nitrogens with one attached hydrogen (secondary N) is 2. The molecule has 0 fully saturated rings. The first-order valence-corrected chi connectivity index (χ1v) is 8.60. The van der Waals surface area contributed by atoms with E-state index in [0.29, 0.717) is 11.1 Å². The molecule has 1 heterocycles. The Morgan fingerprint density at radius 2 is 1.60 bits per heavy atom. The van der Waals surface area contributed by atoms with Gasteiger partial charge in [0.1, 0.15) is 0 Å². The number of fused-ring (bicyclic) bond motifs is 1. The van der Waals surface area contributed by atoms with Crippen molar-refractivity contribution in [3.05, 3.63) is 48.0 Å². The molecule has 2 aromatic rings. The van der Waals surface area contributed by atoms with Crippen LogP contribution in [0.15, 0.2) is 42.5 Å². The maximum Gasteiger partial charge on any atom is 0.586 e. The molecule has 0 aromatic heterocycles. The summed E-state index contributed by atoms with van der Waals surface area (Å²) < 4.78 is 35.1. The fraction of sp³-hybridized carbons (Fsp3) is 0.211. The van der Waals surface area contributed by atoms with Crippen molar-refractivity contribution in [1.29, 1.82) is 0 Å². The molecule has 30 heavy (non-hydrogen) atoms. The Morgan fingerprint density at radius 1 is 1.00 bits per heavy atom. The first-order valence-electron chi connectivity index (χ1n) is 8.60. The lowest BCUT2D eigenvalue weighted by Gasteiger charge is -2.25. The predicted molar refractivity (Wildman–Crippen MR) is 98.0 cm³/mol. The van der Waals surface area contributed by atoms with Gasteiger partial charge in [-0.15, -0.1) is 8.78 Å². The zero-order chi connectivity index (χ0) is 22.1. The molecule has 0 aliphatic carbocycles. The number of carbonyl (C=O) groups is 3. The third kappa shape index (κ3) is 4.01. The van der Waals surface area contributed by atoms with Crippen molar-refractivity contribution < 1.29 is 37.8 Å². The summed E-state index contributed by atoms with van der Waals surface area (Å²) in [4.78, 5) is 37.2. The lowest BCUT2D eigenvalue weighted by atomic mass is 10.0. The van der Waals surface area contributed by atoms with Crippen molar-refractivity contribution in [1.82, 2.24) is 15.7 Å². The molecule has 158 valence electrons. The number of ether oxygens (including phenoxy) is 2. The van der Waals surface area contributed by atoms with Crippen LogP contribution in [0.25, 0.3) is 11.1 Å². The van der Waals surface area contributed by atoms with Crippen LogP contribution in [-0.2, 0) is 9.59 Å². The average Bonchev–Trinajstić information content (AvgIpc) is 3.05. The Kier molecular flexibility index (Phi) is 5.56. The number of likely N-dealkylation sites (N-methyl/N-ethyl adjacent to an activating group) is 2. The first kappa shape index (κ1) is 21.0. The summed E-state index contributed by atoms with van der Waals surface area (Å²) in [6, 6.07) is 8.74. The molecule has 0 radical (unpaired) electrons. The number of hydrogen-bond donors (Lipinski definition) is 3. The van der Waals surface area contributed by atoms with Crippen LogP contribution in [0.4, 0.5) is 8.78 Å². The number of carbonyl (C=O) groups excluding carboxylic acids is 3. The van der Waals surface area contributed by atoms with Gasteiger partial charge in [0.25, 0.3) is 17.7 Å². The average molecular weight is 421 g/mol. The molecule has 1 unspecified atom stereocenters. The second kappa shape index (κ2) is 7.95. The van der Waals surface area contributed by atoms with Crippen LogP contribution < -0.4 is 20.3 Å². The molecule has 1 aliphatic heterocycles. The number of halogens is 2. The van der Waals surface area contributed by atoms with Gasteiger partial charge in [-0.25, -0.2) is 5.48 Å². The highest BCUT2D eigenvalue weighted by molar-refractivity contribution is 6.08. The molecule has 0 saturated heterocycles. The van der Waals surface area contributed by atoms with E-state index in [1.54, 1.807) is 18.2 Å².